The van der Waals surface area contributed by atoms with Gasteiger partial charge in [-0.25, -0.2) is 8.42 Å². The average molecular weight is 319 g/mol. The number of nitrogens with zero attached hydrogens (tertiary/aromatic N) is 3. The van der Waals surface area contributed by atoms with Crippen molar-refractivity contribution in [3.63, 3.8) is 0 Å². The number of amides is 1. The molecule has 1 aliphatic rings. The van der Waals surface area contributed by atoms with E-state index in [0.717, 1.165) is 17.8 Å². The molecule has 20 heavy (non-hydrogen) atoms. The molecule has 2 atom stereocenters. The fraction of sp³-hybridized carbons (Fsp3) is 0.700. The molecule has 1 amide bonds. The van der Waals surface area contributed by atoms with Crippen molar-refractivity contribution in [3.8, 4) is 0 Å². The summed E-state index contributed by atoms with van der Waals surface area (Å²) in [5.74, 6) is -0.157. The highest BCUT2D eigenvalue weighted by Crippen LogP contribution is 2.28. The summed E-state index contributed by atoms with van der Waals surface area (Å²) in [6, 6.07) is -0.0421. The third-order valence-electron chi connectivity index (χ3n) is 3.18. The summed E-state index contributed by atoms with van der Waals surface area (Å²) in [5.41, 5.74) is 5.81. The lowest BCUT2D eigenvalue weighted by Gasteiger charge is -2.16. The van der Waals surface area contributed by atoms with Gasteiger partial charge in [-0.1, -0.05) is 11.3 Å². The maximum absolute atomic E-state index is 12.4. The van der Waals surface area contributed by atoms with E-state index >= 15 is 0 Å². The van der Waals surface area contributed by atoms with Gasteiger partial charge in [0, 0.05) is 26.1 Å². The fourth-order valence-corrected chi connectivity index (χ4v) is 4.62. The Morgan fingerprint density at radius 2 is 2.25 bits per heavy atom. The standard InChI is InChI=1S/C10H17N5O3S2/c1-6(11)8-3-4-15(5-8)20(17,18)10-14-13-9(19-10)12-7(2)16/h6,8H,3-5,11H2,1-2H3,(H,12,13,16). The van der Waals surface area contributed by atoms with Gasteiger partial charge in [0.1, 0.15) is 0 Å². The summed E-state index contributed by atoms with van der Waals surface area (Å²) >= 11 is 0.850. The van der Waals surface area contributed by atoms with Crippen LogP contribution in [0.2, 0.25) is 0 Å². The number of anilines is 1. The van der Waals surface area contributed by atoms with E-state index in [9.17, 15) is 13.2 Å². The first-order chi connectivity index (χ1) is 9.30. The van der Waals surface area contributed by atoms with Crippen molar-refractivity contribution in [3.05, 3.63) is 0 Å². The summed E-state index contributed by atoms with van der Waals surface area (Å²) < 4.78 is 26.0. The van der Waals surface area contributed by atoms with Crippen molar-refractivity contribution in [2.24, 2.45) is 11.7 Å². The Labute approximate surface area is 121 Å². The monoisotopic (exact) mass is 319 g/mol. The highest BCUT2D eigenvalue weighted by atomic mass is 32.2. The quantitative estimate of drug-likeness (QED) is 0.745. The second-order valence-corrected chi connectivity index (χ2v) is 7.91. The maximum atomic E-state index is 12.4. The number of aromatic nitrogens is 2. The summed E-state index contributed by atoms with van der Waals surface area (Å²) in [5, 5.41) is 9.90. The number of nitrogens with two attached hydrogens (primary N) is 1. The normalized spacial score (nSPS) is 21.9. The van der Waals surface area contributed by atoms with Crippen molar-refractivity contribution >= 4 is 32.4 Å². The van der Waals surface area contributed by atoms with Crippen molar-refractivity contribution in [1.29, 1.82) is 0 Å². The molecule has 0 aromatic carbocycles. The van der Waals surface area contributed by atoms with Gasteiger partial charge in [0.25, 0.3) is 10.0 Å². The lowest BCUT2D eigenvalue weighted by molar-refractivity contribution is -0.114. The van der Waals surface area contributed by atoms with E-state index in [4.69, 9.17) is 5.73 Å². The van der Waals surface area contributed by atoms with Gasteiger partial charge in [0.15, 0.2) is 0 Å². The van der Waals surface area contributed by atoms with Crippen LogP contribution in [0.3, 0.4) is 0 Å². The zero-order valence-corrected chi connectivity index (χ0v) is 12.9. The summed E-state index contributed by atoms with van der Waals surface area (Å²) in [6.45, 7) is 4.03. The number of sulfonamides is 1. The largest absolute Gasteiger partial charge is 0.328 e. The maximum Gasteiger partial charge on any atom is 0.272 e. The lowest BCUT2D eigenvalue weighted by Crippen LogP contribution is -2.33. The predicted octanol–water partition coefficient (Wildman–Crippen LogP) is -0.146. The van der Waals surface area contributed by atoms with Crippen molar-refractivity contribution in [2.75, 3.05) is 18.4 Å². The number of carbonyl (C=O) groups is 1. The van der Waals surface area contributed by atoms with Crippen LogP contribution in [0.25, 0.3) is 0 Å². The van der Waals surface area contributed by atoms with E-state index in [2.05, 4.69) is 15.5 Å². The number of rotatable bonds is 4. The van der Waals surface area contributed by atoms with E-state index in [1.54, 1.807) is 0 Å². The van der Waals surface area contributed by atoms with Gasteiger partial charge in [0.05, 0.1) is 0 Å². The molecule has 1 aromatic rings. The van der Waals surface area contributed by atoms with Crippen LogP contribution in [0.15, 0.2) is 4.34 Å². The van der Waals surface area contributed by atoms with E-state index < -0.39 is 10.0 Å². The summed E-state index contributed by atoms with van der Waals surface area (Å²) in [6.07, 6.45) is 0.744. The summed E-state index contributed by atoms with van der Waals surface area (Å²) in [7, 11) is -3.65. The van der Waals surface area contributed by atoms with E-state index in [1.807, 2.05) is 6.92 Å². The third kappa shape index (κ3) is 3.14. The minimum absolute atomic E-state index is 0.0421. The van der Waals surface area contributed by atoms with Gasteiger partial charge in [-0.05, 0) is 19.3 Å². The van der Waals surface area contributed by atoms with Crippen LogP contribution in [-0.4, -0.2) is 48.0 Å². The first-order valence-electron chi connectivity index (χ1n) is 6.17. The smallest absolute Gasteiger partial charge is 0.272 e. The molecule has 0 aliphatic carbocycles. The number of nitrogens with one attached hydrogen (secondary N) is 1. The zero-order valence-electron chi connectivity index (χ0n) is 11.2. The summed E-state index contributed by atoms with van der Waals surface area (Å²) in [4.78, 5) is 10.9. The van der Waals surface area contributed by atoms with Gasteiger partial charge >= 0.3 is 0 Å². The molecule has 10 heteroatoms. The Kier molecular flexibility index (Phi) is 4.37. The van der Waals surface area contributed by atoms with Gasteiger partial charge < -0.3 is 11.1 Å². The molecule has 0 bridgehead atoms. The molecular weight excluding hydrogens is 302 g/mol. The molecule has 2 heterocycles. The second-order valence-electron chi connectivity index (χ2n) is 4.83. The first-order valence-corrected chi connectivity index (χ1v) is 8.43. The Bertz CT molecular complexity index is 598. The molecule has 0 spiro atoms. The molecule has 1 aromatic heterocycles. The highest BCUT2D eigenvalue weighted by molar-refractivity contribution is 7.91. The molecule has 112 valence electrons. The van der Waals surface area contributed by atoms with Crippen molar-refractivity contribution in [1.82, 2.24) is 14.5 Å². The number of carbonyl (C=O) groups excluding carboxylic acids is 1. The molecule has 1 aliphatic heterocycles. The van der Waals surface area contributed by atoms with E-state index in [0.29, 0.717) is 13.1 Å². The lowest BCUT2D eigenvalue weighted by atomic mass is 10.0. The molecule has 1 fully saturated rings. The van der Waals surface area contributed by atoms with Crippen LogP contribution in [0, 0.1) is 5.92 Å². The van der Waals surface area contributed by atoms with E-state index in [-0.39, 0.29) is 27.3 Å². The molecule has 1 saturated heterocycles. The predicted molar refractivity (Wildman–Crippen MR) is 74.7 cm³/mol. The van der Waals surface area contributed by atoms with E-state index in [1.165, 1.54) is 11.2 Å². The van der Waals surface area contributed by atoms with Gasteiger partial charge in [-0.2, -0.15) is 4.31 Å². The Balaban J connectivity index is 2.15. The topological polar surface area (TPSA) is 118 Å². The van der Waals surface area contributed by atoms with Crippen LogP contribution < -0.4 is 11.1 Å². The molecule has 2 unspecified atom stereocenters. The van der Waals surface area contributed by atoms with Gasteiger partial charge in [-0.3, -0.25) is 4.79 Å². The van der Waals surface area contributed by atoms with Crippen LogP contribution in [0.5, 0.6) is 0 Å². The number of hydrogen-bond donors (Lipinski definition) is 2. The molecular formula is C10H17N5O3S2. The second kappa shape index (κ2) is 5.72. The van der Waals surface area contributed by atoms with Crippen LogP contribution in [-0.2, 0) is 14.8 Å². The fourth-order valence-electron chi connectivity index (χ4n) is 2.03. The van der Waals surface area contributed by atoms with Crippen LogP contribution in [0.1, 0.15) is 20.3 Å². The van der Waals surface area contributed by atoms with Crippen molar-refractivity contribution in [2.45, 2.75) is 30.6 Å². The molecule has 3 N–H and O–H groups in total. The first kappa shape index (κ1) is 15.3. The molecule has 0 radical (unpaired) electrons. The third-order valence-corrected chi connectivity index (χ3v) is 6.23. The molecule has 8 nitrogen and oxygen atoms in total. The van der Waals surface area contributed by atoms with Gasteiger partial charge in [-0.15, -0.1) is 10.2 Å². The Morgan fingerprint density at radius 1 is 1.55 bits per heavy atom. The molecule has 0 saturated carbocycles. The average Bonchev–Trinajstić information content (AvgIpc) is 2.95. The van der Waals surface area contributed by atoms with Crippen molar-refractivity contribution < 1.29 is 13.2 Å². The van der Waals surface area contributed by atoms with Crippen LogP contribution in [0.4, 0.5) is 5.13 Å². The minimum Gasteiger partial charge on any atom is -0.328 e. The Hall–Kier alpha value is -1.10. The van der Waals surface area contributed by atoms with Crippen LogP contribution >= 0.6 is 11.3 Å². The molecule has 2 rings (SSSR count). The Morgan fingerprint density at radius 3 is 2.80 bits per heavy atom. The zero-order chi connectivity index (χ0) is 14.9. The van der Waals surface area contributed by atoms with Gasteiger partial charge in [0.2, 0.25) is 15.4 Å². The minimum atomic E-state index is -3.65. The highest BCUT2D eigenvalue weighted by Gasteiger charge is 2.36. The number of hydrogen-bond acceptors (Lipinski definition) is 7. The SMILES string of the molecule is CC(=O)Nc1nnc(S(=O)(=O)N2CCC(C(C)N)C2)s1.